The number of hydrogen-bond donors (Lipinski definition) is 1. The number of likely N-dealkylation sites (N-methyl/N-ethyl adjacent to an activating group) is 1. The molecule has 0 spiro atoms. The van der Waals surface area contributed by atoms with Crippen LogP contribution in [0, 0.1) is 0 Å². The maximum Gasteiger partial charge on any atom is 0.0475 e. The van der Waals surface area contributed by atoms with Gasteiger partial charge in [-0.3, -0.25) is 4.90 Å². The minimum atomic E-state index is 0.207. The predicted octanol–water partition coefficient (Wildman–Crippen LogP) is 1.53. The molecule has 16 heavy (non-hydrogen) atoms. The van der Waals surface area contributed by atoms with E-state index in [1.54, 1.807) is 0 Å². The number of hydrogen-bond acceptors (Lipinski definition) is 3. The highest BCUT2D eigenvalue weighted by atomic mass is 15.3. The molecular weight excluding hydrogens is 198 g/mol. The van der Waals surface area contributed by atoms with Gasteiger partial charge in [0.2, 0.25) is 0 Å². The molecule has 0 aromatic heterocycles. The summed E-state index contributed by atoms with van der Waals surface area (Å²) in [6.45, 7) is 12.2. The molecule has 2 unspecified atom stereocenters. The van der Waals surface area contributed by atoms with Gasteiger partial charge in [-0.1, -0.05) is 6.92 Å². The third-order valence-corrected chi connectivity index (χ3v) is 4.05. The van der Waals surface area contributed by atoms with Crippen LogP contribution in [-0.4, -0.2) is 54.1 Å². The average Bonchev–Trinajstić information content (AvgIpc) is 2.52. The van der Waals surface area contributed by atoms with Gasteiger partial charge in [0.05, 0.1) is 0 Å². The lowest BCUT2D eigenvalue weighted by molar-refractivity contribution is 0.0688. The van der Waals surface area contributed by atoms with Gasteiger partial charge in [-0.25, -0.2) is 0 Å². The Balaban J connectivity index is 2.85. The number of likely N-dealkylation sites (tertiary alicyclic amines) is 1. The second kappa shape index (κ2) is 5.48. The fourth-order valence-corrected chi connectivity index (χ4v) is 3.15. The first-order valence-electron chi connectivity index (χ1n) is 6.64. The van der Waals surface area contributed by atoms with Gasteiger partial charge in [0.1, 0.15) is 0 Å². The lowest BCUT2D eigenvalue weighted by atomic mass is 9.92. The molecule has 3 nitrogen and oxygen atoms in total. The van der Waals surface area contributed by atoms with E-state index in [4.69, 9.17) is 5.73 Å². The minimum absolute atomic E-state index is 0.207. The molecule has 1 rings (SSSR count). The van der Waals surface area contributed by atoms with Crippen LogP contribution in [0.5, 0.6) is 0 Å². The van der Waals surface area contributed by atoms with Crippen molar-refractivity contribution in [3.63, 3.8) is 0 Å². The Labute approximate surface area is 101 Å². The molecule has 1 fully saturated rings. The van der Waals surface area contributed by atoms with E-state index in [0.29, 0.717) is 12.1 Å². The molecule has 0 amide bonds. The molecule has 2 N–H and O–H groups in total. The maximum absolute atomic E-state index is 6.09. The highest BCUT2D eigenvalue weighted by molar-refractivity contribution is 5.03. The molecule has 96 valence electrons. The fourth-order valence-electron chi connectivity index (χ4n) is 3.15. The molecule has 2 atom stereocenters. The highest BCUT2D eigenvalue weighted by Crippen LogP contribution is 2.32. The smallest absolute Gasteiger partial charge is 0.0475 e. The molecule has 0 aromatic carbocycles. The van der Waals surface area contributed by atoms with Crippen molar-refractivity contribution in [2.24, 2.45) is 5.73 Å². The minimum Gasteiger partial charge on any atom is -0.329 e. The summed E-state index contributed by atoms with van der Waals surface area (Å²) in [6, 6.07) is 1.24. The first-order valence-corrected chi connectivity index (χ1v) is 6.64. The molecule has 1 saturated heterocycles. The predicted molar refractivity (Wildman–Crippen MR) is 70.6 cm³/mol. The van der Waals surface area contributed by atoms with Gasteiger partial charge in [-0.2, -0.15) is 0 Å². The summed E-state index contributed by atoms with van der Waals surface area (Å²) >= 11 is 0. The van der Waals surface area contributed by atoms with Crippen molar-refractivity contribution < 1.29 is 0 Å². The molecule has 0 bridgehead atoms. The Hall–Kier alpha value is -0.120. The van der Waals surface area contributed by atoms with Gasteiger partial charge in [0.25, 0.3) is 0 Å². The van der Waals surface area contributed by atoms with Crippen molar-refractivity contribution in [3.8, 4) is 0 Å². The Bertz CT molecular complexity index is 205. The Kier molecular flexibility index (Phi) is 4.77. The van der Waals surface area contributed by atoms with Crippen LogP contribution in [-0.2, 0) is 0 Å². The van der Waals surface area contributed by atoms with Crippen LogP contribution in [0.15, 0.2) is 0 Å². The zero-order chi connectivity index (χ0) is 12.3. The van der Waals surface area contributed by atoms with Crippen LogP contribution in [0.25, 0.3) is 0 Å². The van der Waals surface area contributed by atoms with E-state index in [2.05, 4.69) is 44.5 Å². The quantitative estimate of drug-likeness (QED) is 0.773. The van der Waals surface area contributed by atoms with Gasteiger partial charge in [-0.05, 0) is 47.2 Å². The van der Waals surface area contributed by atoms with Crippen LogP contribution in [0.4, 0.5) is 0 Å². The fraction of sp³-hybridized carbons (Fsp3) is 1.00. The second-order valence-corrected chi connectivity index (χ2v) is 5.68. The topological polar surface area (TPSA) is 32.5 Å². The second-order valence-electron chi connectivity index (χ2n) is 5.68. The third kappa shape index (κ3) is 2.58. The lowest BCUT2D eigenvalue weighted by Crippen LogP contribution is -2.58. The van der Waals surface area contributed by atoms with Crippen molar-refractivity contribution >= 4 is 0 Å². The Morgan fingerprint density at radius 2 is 2.12 bits per heavy atom. The van der Waals surface area contributed by atoms with Gasteiger partial charge in [-0.15, -0.1) is 0 Å². The van der Waals surface area contributed by atoms with Crippen molar-refractivity contribution in [3.05, 3.63) is 0 Å². The molecule has 1 aliphatic heterocycles. The first kappa shape index (κ1) is 13.9. The third-order valence-electron chi connectivity index (χ3n) is 4.05. The van der Waals surface area contributed by atoms with E-state index in [1.165, 1.54) is 12.8 Å². The normalized spacial score (nSPS) is 31.9. The van der Waals surface area contributed by atoms with Crippen LogP contribution < -0.4 is 5.73 Å². The summed E-state index contributed by atoms with van der Waals surface area (Å²) in [5.74, 6) is 0. The summed E-state index contributed by atoms with van der Waals surface area (Å²) in [5, 5.41) is 0. The van der Waals surface area contributed by atoms with Gasteiger partial charge in [0, 0.05) is 30.7 Å². The largest absolute Gasteiger partial charge is 0.329 e. The van der Waals surface area contributed by atoms with Crippen molar-refractivity contribution in [1.29, 1.82) is 0 Å². The van der Waals surface area contributed by atoms with Gasteiger partial charge in [0.15, 0.2) is 0 Å². The summed E-state index contributed by atoms with van der Waals surface area (Å²) in [4.78, 5) is 5.06. The molecule has 0 aromatic rings. The summed E-state index contributed by atoms with van der Waals surface area (Å²) in [7, 11) is 2.21. The van der Waals surface area contributed by atoms with E-state index in [0.717, 1.165) is 19.6 Å². The zero-order valence-corrected chi connectivity index (χ0v) is 11.7. The number of nitrogens with two attached hydrogens (primary N) is 1. The van der Waals surface area contributed by atoms with E-state index in [-0.39, 0.29) is 5.54 Å². The highest BCUT2D eigenvalue weighted by Gasteiger charge is 2.44. The van der Waals surface area contributed by atoms with Crippen molar-refractivity contribution in [2.45, 2.75) is 58.2 Å². The standard InChI is InChI=1S/C13H29N3/c1-6-7-16(11(2)3)13(9-14)8-12(4)15(5)10-13/h11-12H,6-10,14H2,1-5H3. The average molecular weight is 227 g/mol. The number of nitrogens with zero attached hydrogens (tertiary/aromatic N) is 2. The maximum atomic E-state index is 6.09. The molecule has 0 saturated carbocycles. The molecule has 1 aliphatic rings. The molecule has 1 heterocycles. The first-order chi connectivity index (χ1) is 7.46. The Morgan fingerprint density at radius 3 is 2.44 bits per heavy atom. The molecule has 0 radical (unpaired) electrons. The van der Waals surface area contributed by atoms with E-state index >= 15 is 0 Å². The molecular formula is C13H29N3. The van der Waals surface area contributed by atoms with Crippen LogP contribution in [0.1, 0.15) is 40.5 Å². The van der Waals surface area contributed by atoms with Crippen LogP contribution in [0.2, 0.25) is 0 Å². The van der Waals surface area contributed by atoms with E-state index in [9.17, 15) is 0 Å². The summed E-state index contributed by atoms with van der Waals surface area (Å²) in [5.41, 5.74) is 6.30. The summed E-state index contributed by atoms with van der Waals surface area (Å²) < 4.78 is 0. The van der Waals surface area contributed by atoms with Crippen molar-refractivity contribution in [2.75, 3.05) is 26.7 Å². The van der Waals surface area contributed by atoms with Gasteiger partial charge >= 0.3 is 0 Å². The number of rotatable bonds is 5. The van der Waals surface area contributed by atoms with Gasteiger partial charge < -0.3 is 10.6 Å². The Morgan fingerprint density at radius 1 is 1.50 bits per heavy atom. The molecule has 3 heteroatoms. The monoisotopic (exact) mass is 227 g/mol. The van der Waals surface area contributed by atoms with E-state index < -0.39 is 0 Å². The lowest BCUT2D eigenvalue weighted by Gasteiger charge is -2.43. The zero-order valence-electron chi connectivity index (χ0n) is 11.7. The van der Waals surface area contributed by atoms with Crippen molar-refractivity contribution in [1.82, 2.24) is 9.80 Å². The van der Waals surface area contributed by atoms with Crippen LogP contribution in [0.3, 0.4) is 0 Å². The SMILES string of the molecule is CCCN(C(C)C)C1(CN)CC(C)N(C)C1. The molecule has 0 aliphatic carbocycles. The van der Waals surface area contributed by atoms with Crippen LogP contribution >= 0.6 is 0 Å². The van der Waals surface area contributed by atoms with E-state index in [1.807, 2.05) is 0 Å². The summed E-state index contributed by atoms with van der Waals surface area (Å²) in [6.07, 6.45) is 2.41.